The van der Waals surface area contributed by atoms with Crippen LogP contribution in [0.4, 0.5) is 0 Å². The summed E-state index contributed by atoms with van der Waals surface area (Å²) in [5, 5.41) is 11.1. The number of nitrogens with zero attached hydrogens (tertiary/aromatic N) is 5. The number of carbonyl (C=O) groups excluding carboxylic acids is 1. The fourth-order valence-electron chi connectivity index (χ4n) is 4.87. The minimum atomic E-state index is -0.0801. The number of carbonyl (C=O) groups is 1. The largest absolute Gasteiger partial charge is 0.466 e. The number of amides is 1. The molecule has 3 aromatic rings. The first kappa shape index (κ1) is 18.6. The number of hydrogen-bond donors (Lipinski definition) is 0. The Balaban J connectivity index is 1.44. The van der Waals surface area contributed by atoms with Gasteiger partial charge in [0.05, 0.1) is 22.5 Å². The number of aromatic nitrogens is 3. The van der Waals surface area contributed by atoms with Crippen molar-refractivity contribution in [2.24, 2.45) is 0 Å². The SMILES string of the molecule is Cc1cc(C(=O)N2CCC3(CC2)CN(C)Cc2nnc(-c4cccs4)n23)c(C)o1. The van der Waals surface area contributed by atoms with Gasteiger partial charge >= 0.3 is 0 Å². The maximum absolute atomic E-state index is 13.0. The maximum Gasteiger partial charge on any atom is 0.257 e. The molecular weight excluding hydrogens is 386 g/mol. The predicted molar refractivity (Wildman–Crippen MR) is 111 cm³/mol. The second kappa shape index (κ2) is 6.81. The molecule has 5 rings (SSSR count). The zero-order chi connectivity index (χ0) is 20.2. The van der Waals surface area contributed by atoms with Crippen molar-refractivity contribution in [3.05, 3.63) is 46.5 Å². The van der Waals surface area contributed by atoms with E-state index >= 15 is 0 Å². The zero-order valence-electron chi connectivity index (χ0n) is 17.0. The van der Waals surface area contributed by atoms with E-state index in [0.717, 1.165) is 61.3 Å². The molecule has 1 fully saturated rings. The summed E-state index contributed by atoms with van der Waals surface area (Å²) < 4.78 is 7.94. The Kier molecular flexibility index (Phi) is 4.36. The van der Waals surface area contributed by atoms with Crippen LogP contribution in [0.25, 0.3) is 10.7 Å². The molecule has 1 amide bonds. The Bertz CT molecular complexity index is 1040. The lowest BCUT2D eigenvalue weighted by atomic mass is 9.84. The lowest BCUT2D eigenvalue weighted by molar-refractivity contribution is 0.0409. The van der Waals surface area contributed by atoms with Crippen LogP contribution in [0, 0.1) is 13.8 Å². The first-order valence-corrected chi connectivity index (χ1v) is 10.9. The van der Waals surface area contributed by atoms with Gasteiger partial charge in [0.1, 0.15) is 17.3 Å². The average Bonchev–Trinajstić information content (AvgIpc) is 3.41. The van der Waals surface area contributed by atoms with E-state index in [1.807, 2.05) is 24.8 Å². The second-order valence-corrected chi connectivity index (χ2v) is 9.22. The Labute approximate surface area is 173 Å². The van der Waals surface area contributed by atoms with E-state index in [1.54, 1.807) is 11.3 Å². The fourth-order valence-corrected chi connectivity index (χ4v) is 5.57. The van der Waals surface area contributed by atoms with Gasteiger partial charge in [0, 0.05) is 19.6 Å². The van der Waals surface area contributed by atoms with Crippen LogP contribution < -0.4 is 0 Å². The molecule has 3 aromatic heterocycles. The van der Waals surface area contributed by atoms with Gasteiger partial charge in [0.2, 0.25) is 0 Å². The smallest absolute Gasteiger partial charge is 0.257 e. The third kappa shape index (κ3) is 3.02. The number of piperidine rings is 1. The van der Waals surface area contributed by atoms with Crippen LogP contribution in [0.5, 0.6) is 0 Å². The molecule has 1 spiro atoms. The van der Waals surface area contributed by atoms with Gasteiger partial charge in [-0.2, -0.15) is 0 Å². The highest BCUT2D eigenvalue weighted by atomic mass is 32.1. The summed E-state index contributed by atoms with van der Waals surface area (Å²) in [5.41, 5.74) is 0.604. The van der Waals surface area contributed by atoms with Gasteiger partial charge in [0.25, 0.3) is 5.91 Å². The molecule has 0 atom stereocenters. The molecular formula is C21H25N5O2S. The van der Waals surface area contributed by atoms with Crippen LogP contribution in [0.2, 0.25) is 0 Å². The van der Waals surface area contributed by atoms with Gasteiger partial charge in [0.15, 0.2) is 5.82 Å². The van der Waals surface area contributed by atoms with Crippen LogP contribution in [-0.2, 0) is 12.1 Å². The molecule has 0 N–H and O–H groups in total. The van der Waals surface area contributed by atoms with E-state index in [4.69, 9.17) is 4.42 Å². The van der Waals surface area contributed by atoms with E-state index in [2.05, 4.69) is 44.2 Å². The molecule has 152 valence electrons. The van der Waals surface area contributed by atoms with Gasteiger partial charge < -0.3 is 13.9 Å². The molecule has 5 heterocycles. The Morgan fingerprint density at radius 2 is 2.03 bits per heavy atom. The number of likely N-dealkylation sites (tertiary alicyclic amines) is 1. The molecule has 2 aliphatic rings. The summed E-state index contributed by atoms with van der Waals surface area (Å²) in [5.74, 6) is 3.53. The van der Waals surface area contributed by atoms with Gasteiger partial charge in [-0.1, -0.05) is 6.07 Å². The first-order chi connectivity index (χ1) is 14.0. The Hall–Kier alpha value is -2.45. The number of likely N-dealkylation sites (N-methyl/N-ethyl adjacent to an activating group) is 1. The van der Waals surface area contributed by atoms with Crippen molar-refractivity contribution in [2.75, 3.05) is 26.7 Å². The fraction of sp³-hybridized carbons (Fsp3) is 0.476. The van der Waals surface area contributed by atoms with Crippen molar-refractivity contribution in [1.82, 2.24) is 24.6 Å². The van der Waals surface area contributed by atoms with E-state index in [-0.39, 0.29) is 11.4 Å². The molecule has 1 saturated heterocycles. The number of fused-ring (bicyclic) bond motifs is 2. The molecule has 2 aliphatic heterocycles. The molecule has 0 aromatic carbocycles. The number of aryl methyl sites for hydroxylation is 2. The van der Waals surface area contributed by atoms with Gasteiger partial charge in [-0.05, 0) is 51.2 Å². The topological polar surface area (TPSA) is 67.4 Å². The lowest BCUT2D eigenvalue weighted by Gasteiger charge is -2.48. The highest BCUT2D eigenvalue weighted by molar-refractivity contribution is 7.13. The second-order valence-electron chi connectivity index (χ2n) is 8.27. The summed E-state index contributed by atoms with van der Waals surface area (Å²) in [6.45, 7) is 6.93. The molecule has 29 heavy (non-hydrogen) atoms. The predicted octanol–water partition coefficient (Wildman–Crippen LogP) is 3.29. The van der Waals surface area contributed by atoms with Crippen LogP contribution in [0.15, 0.2) is 28.0 Å². The minimum Gasteiger partial charge on any atom is -0.466 e. The van der Waals surface area contributed by atoms with Crippen molar-refractivity contribution in [1.29, 1.82) is 0 Å². The van der Waals surface area contributed by atoms with E-state index in [0.29, 0.717) is 11.3 Å². The molecule has 0 unspecified atom stereocenters. The standard InChI is InChI=1S/C21H25N5O2S/c1-14-11-16(15(2)28-14)20(27)25-8-6-21(7-9-25)13-24(3)12-18-22-23-19(26(18)21)17-5-4-10-29-17/h4-5,10-11H,6-9,12-13H2,1-3H3. The van der Waals surface area contributed by atoms with Gasteiger partial charge in [-0.3, -0.25) is 9.69 Å². The molecule has 0 radical (unpaired) electrons. The van der Waals surface area contributed by atoms with Crippen LogP contribution in [0.1, 0.15) is 40.5 Å². The number of thiophene rings is 1. The summed E-state index contributed by atoms with van der Waals surface area (Å²) in [6.07, 6.45) is 1.78. The normalized spacial score (nSPS) is 18.9. The summed E-state index contributed by atoms with van der Waals surface area (Å²) >= 11 is 1.70. The van der Waals surface area contributed by atoms with Crippen LogP contribution >= 0.6 is 11.3 Å². The van der Waals surface area contributed by atoms with Crippen LogP contribution in [-0.4, -0.2) is 57.2 Å². The van der Waals surface area contributed by atoms with Crippen molar-refractivity contribution < 1.29 is 9.21 Å². The highest BCUT2D eigenvalue weighted by Gasteiger charge is 2.44. The number of hydrogen-bond acceptors (Lipinski definition) is 6. The highest BCUT2D eigenvalue weighted by Crippen LogP contribution is 2.40. The molecule has 8 heteroatoms. The van der Waals surface area contributed by atoms with Crippen molar-refractivity contribution >= 4 is 17.2 Å². The summed E-state index contributed by atoms with van der Waals surface area (Å²) in [4.78, 5) is 18.5. The van der Waals surface area contributed by atoms with Crippen molar-refractivity contribution in [3.63, 3.8) is 0 Å². The lowest BCUT2D eigenvalue weighted by Crippen LogP contribution is -2.56. The maximum atomic E-state index is 13.0. The van der Waals surface area contributed by atoms with Crippen LogP contribution in [0.3, 0.4) is 0 Å². The monoisotopic (exact) mass is 411 g/mol. The molecule has 7 nitrogen and oxygen atoms in total. The molecule has 0 saturated carbocycles. The molecule has 0 bridgehead atoms. The van der Waals surface area contributed by atoms with E-state index < -0.39 is 0 Å². The first-order valence-electron chi connectivity index (χ1n) is 10.0. The number of furan rings is 1. The third-order valence-corrected chi connectivity index (χ3v) is 7.04. The van der Waals surface area contributed by atoms with E-state index in [1.165, 1.54) is 0 Å². The minimum absolute atomic E-state index is 0.0702. The zero-order valence-corrected chi connectivity index (χ0v) is 17.8. The van der Waals surface area contributed by atoms with Gasteiger partial charge in [-0.25, -0.2) is 0 Å². The Morgan fingerprint density at radius 3 is 2.69 bits per heavy atom. The summed E-state index contributed by atoms with van der Waals surface area (Å²) in [6, 6.07) is 6.01. The van der Waals surface area contributed by atoms with Crippen molar-refractivity contribution in [3.8, 4) is 10.7 Å². The van der Waals surface area contributed by atoms with Crippen molar-refractivity contribution in [2.45, 2.75) is 38.8 Å². The van der Waals surface area contributed by atoms with Gasteiger partial charge in [-0.15, -0.1) is 21.5 Å². The molecule has 0 aliphatic carbocycles. The quantitative estimate of drug-likeness (QED) is 0.647. The third-order valence-electron chi connectivity index (χ3n) is 6.17. The summed E-state index contributed by atoms with van der Waals surface area (Å²) in [7, 11) is 2.14. The average molecular weight is 412 g/mol. The van der Waals surface area contributed by atoms with E-state index in [9.17, 15) is 4.79 Å². The Morgan fingerprint density at radius 1 is 1.24 bits per heavy atom. The number of rotatable bonds is 2.